The molecule has 5 nitrogen and oxygen atoms in total. The molecule has 1 fully saturated rings. The topological polar surface area (TPSA) is 66.8 Å². The van der Waals surface area contributed by atoms with E-state index in [1.807, 2.05) is 0 Å². The van der Waals surface area contributed by atoms with Gasteiger partial charge in [0, 0.05) is 25.9 Å². The lowest BCUT2D eigenvalue weighted by Gasteiger charge is -2.35. The van der Waals surface area contributed by atoms with E-state index in [0.717, 1.165) is 0 Å². The molecule has 0 aromatic carbocycles. The Morgan fingerprint density at radius 3 is 2.25 bits per heavy atom. The van der Waals surface area contributed by atoms with Crippen LogP contribution in [-0.2, 0) is 9.53 Å². The highest BCUT2D eigenvalue weighted by Crippen LogP contribution is 2.21. The second kappa shape index (κ2) is 4.41. The van der Waals surface area contributed by atoms with Crippen LogP contribution in [0.4, 0.5) is 4.79 Å². The first kappa shape index (κ1) is 13.0. The van der Waals surface area contributed by atoms with E-state index in [9.17, 15) is 14.7 Å². The van der Waals surface area contributed by atoms with Gasteiger partial charge in [0.05, 0.1) is 0 Å². The Bertz CT molecular complexity index is 274. The quantitative estimate of drug-likeness (QED) is 0.680. The zero-order chi connectivity index (χ0) is 12.4. The van der Waals surface area contributed by atoms with Crippen molar-refractivity contribution in [1.29, 1.82) is 0 Å². The lowest BCUT2D eigenvalue weighted by atomic mass is 9.93. The zero-order valence-corrected chi connectivity index (χ0v) is 10.0. The Balaban J connectivity index is 2.48. The number of piperidine rings is 1. The van der Waals surface area contributed by atoms with Gasteiger partial charge in [-0.2, -0.15) is 0 Å². The summed E-state index contributed by atoms with van der Waals surface area (Å²) in [5.74, 6) is 0. The maximum Gasteiger partial charge on any atom is 0.410 e. The van der Waals surface area contributed by atoms with E-state index in [1.54, 1.807) is 20.8 Å². The number of likely N-dealkylation sites (tertiary alicyclic amines) is 1. The van der Waals surface area contributed by atoms with Gasteiger partial charge in [0.1, 0.15) is 11.2 Å². The van der Waals surface area contributed by atoms with Crippen molar-refractivity contribution in [1.82, 2.24) is 4.90 Å². The van der Waals surface area contributed by atoms with Crippen molar-refractivity contribution in [2.24, 2.45) is 0 Å². The summed E-state index contributed by atoms with van der Waals surface area (Å²) in [5.41, 5.74) is -1.78. The van der Waals surface area contributed by atoms with Gasteiger partial charge in [-0.25, -0.2) is 4.79 Å². The van der Waals surface area contributed by atoms with E-state index in [4.69, 9.17) is 4.74 Å². The number of nitrogens with zero attached hydrogens (tertiary/aromatic N) is 1. The van der Waals surface area contributed by atoms with Crippen LogP contribution in [0.25, 0.3) is 0 Å². The Kier molecular flexibility index (Phi) is 3.57. The van der Waals surface area contributed by atoms with E-state index >= 15 is 0 Å². The molecular formula is C11H19NO4. The number of carbonyl (C=O) groups excluding carboxylic acids is 2. The van der Waals surface area contributed by atoms with E-state index in [2.05, 4.69) is 0 Å². The molecule has 0 aromatic heterocycles. The smallest absolute Gasteiger partial charge is 0.410 e. The Morgan fingerprint density at radius 2 is 1.88 bits per heavy atom. The van der Waals surface area contributed by atoms with Gasteiger partial charge >= 0.3 is 6.09 Å². The molecule has 0 atom stereocenters. The summed E-state index contributed by atoms with van der Waals surface area (Å²) >= 11 is 0. The Hall–Kier alpha value is -1.10. The first-order valence-electron chi connectivity index (χ1n) is 5.42. The molecule has 0 radical (unpaired) electrons. The highest BCUT2D eigenvalue weighted by Gasteiger charge is 2.34. The molecule has 0 aliphatic carbocycles. The van der Waals surface area contributed by atoms with Gasteiger partial charge in [0.25, 0.3) is 0 Å². The number of hydrogen-bond acceptors (Lipinski definition) is 4. The van der Waals surface area contributed by atoms with Crippen LogP contribution < -0.4 is 0 Å². The molecule has 0 saturated carbocycles. The molecule has 1 rings (SSSR count). The van der Waals surface area contributed by atoms with Gasteiger partial charge in [-0.1, -0.05) is 0 Å². The highest BCUT2D eigenvalue weighted by molar-refractivity contribution is 5.69. The molecule has 0 spiro atoms. The fourth-order valence-electron chi connectivity index (χ4n) is 1.52. The van der Waals surface area contributed by atoms with Crippen LogP contribution in [0.5, 0.6) is 0 Å². The molecule has 92 valence electrons. The third kappa shape index (κ3) is 3.48. The molecule has 0 bridgehead atoms. The van der Waals surface area contributed by atoms with Crippen molar-refractivity contribution in [2.45, 2.75) is 44.8 Å². The monoisotopic (exact) mass is 229 g/mol. The predicted octanol–water partition coefficient (Wildman–Crippen LogP) is 0.947. The Morgan fingerprint density at radius 1 is 1.38 bits per heavy atom. The highest BCUT2D eigenvalue weighted by atomic mass is 16.6. The molecule has 1 N–H and O–H groups in total. The molecular weight excluding hydrogens is 210 g/mol. The minimum absolute atomic E-state index is 0.274. The van der Waals surface area contributed by atoms with Crippen LogP contribution in [0.2, 0.25) is 0 Å². The van der Waals surface area contributed by atoms with Crippen LogP contribution in [0, 0.1) is 0 Å². The molecule has 1 aliphatic rings. The maximum absolute atomic E-state index is 11.6. The van der Waals surface area contributed by atoms with Crippen LogP contribution in [0.15, 0.2) is 0 Å². The second-order valence-corrected chi connectivity index (χ2v) is 5.19. The summed E-state index contributed by atoms with van der Waals surface area (Å²) in [4.78, 5) is 23.8. The number of ether oxygens (including phenoxy) is 1. The summed E-state index contributed by atoms with van der Waals surface area (Å²) in [5, 5.41) is 9.67. The Labute approximate surface area is 95.4 Å². The van der Waals surface area contributed by atoms with Crippen molar-refractivity contribution < 1.29 is 19.4 Å². The third-order valence-corrected chi connectivity index (χ3v) is 2.50. The van der Waals surface area contributed by atoms with Gasteiger partial charge < -0.3 is 19.5 Å². The first-order chi connectivity index (χ1) is 7.26. The van der Waals surface area contributed by atoms with Crippen LogP contribution in [0.3, 0.4) is 0 Å². The predicted molar refractivity (Wildman–Crippen MR) is 58.1 cm³/mol. The molecule has 1 aliphatic heterocycles. The molecule has 1 amide bonds. The van der Waals surface area contributed by atoms with Gasteiger partial charge in [0.15, 0.2) is 6.29 Å². The third-order valence-electron chi connectivity index (χ3n) is 2.50. The lowest BCUT2D eigenvalue weighted by molar-refractivity contribution is -0.128. The number of rotatable bonds is 1. The molecule has 1 heterocycles. The van der Waals surface area contributed by atoms with Crippen LogP contribution >= 0.6 is 0 Å². The molecule has 5 heteroatoms. The largest absolute Gasteiger partial charge is 0.444 e. The second-order valence-electron chi connectivity index (χ2n) is 5.19. The number of carbonyl (C=O) groups is 2. The minimum atomic E-state index is -1.27. The van der Waals surface area contributed by atoms with Crippen molar-refractivity contribution in [3.8, 4) is 0 Å². The summed E-state index contributed by atoms with van der Waals surface area (Å²) in [7, 11) is 0. The minimum Gasteiger partial charge on any atom is -0.444 e. The van der Waals surface area contributed by atoms with Crippen molar-refractivity contribution in [3.05, 3.63) is 0 Å². The molecule has 0 unspecified atom stereocenters. The summed E-state index contributed by atoms with van der Waals surface area (Å²) < 4.78 is 5.20. The maximum atomic E-state index is 11.6. The normalized spacial score (nSPS) is 20.4. The number of hydrogen-bond donors (Lipinski definition) is 1. The van der Waals surface area contributed by atoms with E-state index in [0.29, 0.717) is 19.4 Å². The summed E-state index contributed by atoms with van der Waals surface area (Å²) in [6.07, 6.45) is 0.714. The van der Waals surface area contributed by atoms with Crippen LogP contribution in [0.1, 0.15) is 33.6 Å². The van der Waals surface area contributed by atoms with Gasteiger partial charge in [0.2, 0.25) is 0 Å². The molecule has 16 heavy (non-hydrogen) atoms. The average Bonchev–Trinajstić information content (AvgIpc) is 2.16. The number of aldehydes is 1. The van der Waals surface area contributed by atoms with E-state index in [-0.39, 0.29) is 18.9 Å². The fourth-order valence-corrected chi connectivity index (χ4v) is 1.52. The van der Waals surface area contributed by atoms with Gasteiger partial charge in [-0.3, -0.25) is 0 Å². The van der Waals surface area contributed by atoms with E-state index in [1.165, 1.54) is 4.90 Å². The lowest BCUT2D eigenvalue weighted by Crippen LogP contribution is -2.48. The first-order valence-corrected chi connectivity index (χ1v) is 5.42. The molecule has 1 saturated heterocycles. The van der Waals surface area contributed by atoms with Crippen molar-refractivity contribution >= 4 is 12.4 Å². The standard InChI is InChI=1S/C11H19NO4/c1-10(2,3)16-9(14)12-6-4-11(15,8-13)5-7-12/h8,15H,4-7H2,1-3H3. The fraction of sp³-hybridized carbons (Fsp3) is 0.818. The SMILES string of the molecule is CC(C)(C)OC(=O)N1CCC(O)(C=O)CC1. The van der Waals surface area contributed by atoms with Crippen molar-refractivity contribution in [2.75, 3.05) is 13.1 Å². The van der Waals surface area contributed by atoms with Crippen molar-refractivity contribution in [3.63, 3.8) is 0 Å². The van der Waals surface area contributed by atoms with E-state index < -0.39 is 11.2 Å². The average molecular weight is 229 g/mol. The van der Waals surface area contributed by atoms with Gasteiger partial charge in [-0.05, 0) is 20.8 Å². The number of aliphatic hydroxyl groups is 1. The number of amides is 1. The zero-order valence-electron chi connectivity index (χ0n) is 10.0. The van der Waals surface area contributed by atoms with Gasteiger partial charge in [-0.15, -0.1) is 0 Å². The van der Waals surface area contributed by atoms with Crippen LogP contribution in [-0.4, -0.2) is 46.7 Å². The summed E-state index contributed by atoms with van der Waals surface area (Å²) in [6.45, 7) is 6.11. The molecule has 0 aromatic rings. The summed E-state index contributed by atoms with van der Waals surface area (Å²) in [6, 6.07) is 0.